The average molecular weight is 321 g/mol. The lowest BCUT2D eigenvalue weighted by Crippen LogP contribution is -2.49. The summed E-state index contributed by atoms with van der Waals surface area (Å²) < 4.78 is 0. The lowest BCUT2D eigenvalue weighted by molar-refractivity contribution is -0.130. The van der Waals surface area contributed by atoms with Gasteiger partial charge in [-0.15, -0.1) is 0 Å². The molecule has 1 aliphatic rings. The highest BCUT2D eigenvalue weighted by Gasteiger charge is 2.18. The first-order valence-corrected chi connectivity index (χ1v) is 8.26. The largest absolute Gasteiger partial charge is 0.349 e. The predicted octanol–water partition coefficient (Wildman–Crippen LogP) is 0.502. The highest BCUT2D eigenvalue weighted by molar-refractivity contribution is 5.92. The van der Waals surface area contributed by atoms with Gasteiger partial charge in [0.2, 0.25) is 5.91 Å². The normalized spacial score (nSPS) is 15.9. The summed E-state index contributed by atoms with van der Waals surface area (Å²) in [4.78, 5) is 27.5. The molecule has 1 aliphatic heterocycles. The fourth-order valence-electron chi connectivity index (χ4n) is 2.73. The van der Waals surface area contributed by atoms with Crippen LogP contribution in [0.1, 0.15) is 37.0 Å². The highest BCUT2D eigenvalue weighted by Crippen LogP contribution is 2.06. The molecule has 1 aromatic heterocycles. The summed E-state index contributed by atoms with van der Waals surface area (Å²) in [5, 5.41) is 9.89. The Bertz CT molecular complexity index is 532. The summed E-state index contributed by atoms with van der Waals surface area (Å²) in [6.07, 6.45) is 0.890. The molecule has 1 aromatic rings. The summed E-state index contributed by atoms with van der Waals surface area (Å²) >= 11 is 0. The summed E-state index contributed by atoms with van der Waals surface area (Å²) in [5.74, 6) is 0.521. The summed E-state index contributed by atoms with van der Waals surface area (Å²) in [6, 6.07) is 1.82. The van der Waals surface area contributed by atoms with E-state index < -0.39 is 0 Å². The van der Waals surface area contributed by atoms with Crippen LogP contribution in [0, 0.1) is 5.92 Å². The lowest BCUT2D eigenvalue weighted by Gasteiger charge is -2.34. The molecule has 7 heteroatoms. The Morgan fingerprint density at radius 3 is 2.61 bits per heavy atom. The lowest BCUT2D eigenvalue weighted by atomic mass is 10.1. The van der Waals surface area contributed by atoms with Crippen molar-refractivity contribution >= 4 is 11.8 Å². The first-order chi connectivity index (χ1) is 11.0. The maximum atomic E-state index is 12.1. The quantitative estimate of drug-likeness (QED) is 0.799. The number of nitrogens with one attached hydrogen (secondary N) is 2. The molecule has 0 saturated carbocycles. The Hall–Kier alpha value is -1.89. The zero-order valence-corrected chi connectivity index (χ0v) is 14.3. The van der Waals surface area contributed by atoms with Gasteiger partial charge in [0.05, 0.1) is 0 Å². The van der Waals surface area contributed by atoms with Gasteiger partial charge in [-0.2, -0.15) is 5.10 Å². The highest BCUT2D eigenvalue weighted by atomic mass is 16.2. The van der Waals surface area contributed by atoms with Crippen LogP contribution in [0.3, 0.4) is 0 Å². The van der Waals surface area contributed by atoms with Gasteiger partial charge in [0.25, 0.3) is 5.91 Å². The third-order valence-corrected chi connectivity index (χ3v) is 4.02. The molecule has 128 valence electrons. The van der Waals surface area contributed by atoms with Gasteiger partial charge < -0.3 is 10.2 Å². The second-order valence-corrected chi connectivity index (χ2v) is 6.48. The van der Waals surface area contributed by atoms with Crippen molar-refractivity contribution in [2.75, 3.05) is 39.3 Å². The fourth-order valence-corrected chi connectivity index (χ4v) is 2.73. The molecule has 0 bridgehead atoms. The zero-order valence-electron chi connectivity index (χ0n) is 14.3. The fraction of sp³-hybridized carbons (Fsp3) is 0.688. The van der Waals surface area contributed by atoms with Crippen LogP contribution < -0.4 is 5.32 Å². The first-order valence-electron chi connectivity index (χ1n) is 8.26. The predicted molar refractivity (Wildman–Crippen MR) is 88.2 cm³/mol. The Kier molecular flexibility index (Phi) is 6.15. The van der Waals surface area contributed by atoms with Gasteiger partial charge in [-0.3, -0.25) is 19.6 Å². The number of H-pyrrole nitrogens is 1. The van der Waals surface area contributed by atoms with E-state index in [1.807, 2.05) is 11.0 Å². The Balaban J connectivity index is 1.69. The van der Waals surface area contributed by atoms with E-state index in [4.69, 9.17) is 0 Å². The topological polar surface area (TPSA) is 81.3 Å². The Labute approximate surface area is 137 Å². The average Bonchev–Trinajstić information content (AvgIpc) is 2.95. The maximum Gasteiger partial charge on any atom is 0.271 e. The smallest absolute Gasteiger partial charge is 0.271 e. The second kappa shape index (κ2) is 8.10. The van der Waals surface area contributed by atoms with Crippen molar-refractivity contribution in [2.45, 2.75) is 27.2 Å². The number of carbonyl (C=O) groups excluding carboxylic acids is 2. The summed E-state index contributed by atoms with van der Waals surface area (Å²) in [7, 11) is 0. The zero-order chi connectivity index (χ0) is 16.8. The van der Waals surface area contributed by atoms with Crippen LogP contribution in [-0.4, -0.2) is 71.1 Å². The van der Waals surface area contributed by atoms with Gasteiger partial charge in [-0.05, 0) is 18.4 Å². The van der Waals surface area contributed by atoms with Crippen molar-refractivity contribution < 1.29 is 9.59 Å². The molecule has 2 amide bonds. The molecule has 1 fully saturated rings. The van der Waals surface area contributed by atoms with Crippen LogP contribution in [0.25, 0.3) is 0 Å². The van der Waals surface area contributed by atoms with Gasteiger partial charge in [0.15, 0.2) is 0 Å². The number of carbonyl (C=O) groups is 2. The minimum Gasteiger partial charge on any atom is -0.349 e. The molecule has 7 nitrogen and oxygen atoms in total. The minimum absolute atomic E-state index is 0.133. The van der Waals surface area contributed by atoms with Gasteiger partial charge in [0, 0.05) is 51.9 Å². The van der Waals surface area contributed by atoms with Crippen molar-refractivity contribution in [2.24, 2.45) is 5.92 Å². The first kappa shape index (κ1) is 17.5. The molecule has 0 spiro atoms. The summed E-state index contributed by atoms with van der Waals surface area (Å²) in [6.45, 7) is 10.5. The number of hydrogen-bond acceptors (Lipinski definition) is 4. The molecule has 0 radical (unpaired) electrons. The third kappa shape index (κ3) is 5.35. The molecule has 0 aliphatic carbocycles. The van der Waals surface area contributed by atoms with Crippen LogP contribution in [0.2, 0.25) is 0 Å². The SMILES string of the molecule is CC(=O)N1CCN(CCNC(=O)c2cc(CC(C)C)[nH]n2)CC1. The summed E-state index contributed by atoms with van der Waals surface area (Å²) in [5.41, 5.74) is 1.44. The molecule has 1 saturated heterocycles. The molecule has 23 heavy (non-hydrogen) atoms. The van der Waals surface area contributed by atoms with E-state index in [2.05, 4.69) is 34.3 Å². The van der Waals surface area contributed by atoms with Crippen LogP contribution in [-0.2, 0) is 11.2 Å². The number of amides is 2. The van der Waals surface area contributed by atoms with E-state index in [0.29, 0.717) is 18.2 Å². The van der Waals surface area contributed by atoms with Crippen LogP contribution in [0.4, 0.5) is 0 Å². The molecular formula is C16H27N5O2. The molecule has 0 unspecified atom stereocenters. The molecule has 2 rings (SSSR count). The van der Waals surface area contributed by atoms with Crippen molar-refractivity contribution in [3.8, 4) is 0 Å². The van der Waals surface area contributed by atoms with Crippen molar-refractivity contribution in [3.63, 3.8) is 0 Å². The number of piperazine rings is 1. The molecule has 0 aromatic carbocycles. The molecule has 0 atom stereocenters. The van der Waals surface area contributed by atoms with Gasteiger partial charge in [0.1, 0.15) is 5.69 Å². The van der Waals surface area contributed by atoms with Crippen LogP contribution >= 0.6 is 0 Å². The van der Waals surface area contributed by atoms with Crippen LogP contribution in [0.5, 0.6) is 0 Å². The van der Waals surface area contributed by atoms with E-state index in [1.165, 1.54) is 0 Å². The van der Waals surface area contributed by atoms with Crippen molar-refractivity contribution in [3.05, 3.63) is 17.5 Å². The van der Waals surface area contributed by atoms with Gasteiger partial charge in [-0.1, -0.05) is 13.8 Å². The Morgan fingerprint density at radius 1 is 1.30 bits per heavy atom. The minimum atomic E-state index is -0.140. The Morgan fingerprint density at radius 2 is 2.00 bits per heavy atom. The van der Waals surface area contributed by atoms with Crippen molar-refractivity contribution in [1.29, 1.82) is 0 Å². The number of aromatic nitrogens is 2. The van der Waals surface area contributed by atoms with E-state index in [9.17, 15) is 9.59 Å². The van der Waals surface area contributed by atoms with E-state index in [1.54, 1.807) is 6.92 Å². The number of rotatable bonds is 6. The molecular weight excluding hydrogens is 294 g/mol. The number of nitrogens with zero attached hydrogens (tertiary/aromatic N) is 3. The third-order valence-electron chi connectivity index (χ3n) is 4.02. The van der Waals surface area contributed by atoms with Gasteiger partial charge in [-0.25, -0.2) is 0 Å². The maximum absolute atomic E-state index is 12.1. The molecule has 2 N–H and O–H groups in total. The molecule has 2 heterocycles. The van der Waals surface area contributed by atoms with E-state index in [0.717, 1.165) is 44.8 Å². The second-order valence-electron chi connectivity index (χ2n) is 6.48. The monoisotopic (exact) mass is 321 g/mol. The standard InChI is InChI=1S/C16H27N5O2/c1-12(2)10-14-11-15(19-18-14)16(23)17-4-5-20-6-8-21(9-7-20)13(3)22/h11-12H,4-10H2,1-3H3,(H,17,23)(H,18,19). The van der Waals surface area contributed by atoms with Gasteiger partial charge >= 0.3 is 0 Å². The number of hydrogen-bond donors (Lipinski definition) is 2. The van der Waals surface area contributed by atoms with Crippen molar-refractivity contribution in [1.82, 2.24) is 25.3 Å². The van der Waals surface area contributed by atoms with E-state index in [-0.39, 0.29) is 11.8 Å². The number of aromatic amines is 1. The van der Waals surface area contributed by atoms with E-state index >= 15 is 0 Å². The van der Waals surface area contributed by atoms with Crippen LogP contribution in [0.15, 0.2) is 6.07 Å².